The van der Waals surface area contributed by atoms with Gasteiger partial charge in [0, 0.05) is 26.2 Å². The van der Waals surface area contributed by atoms with E-state index in [-0.39, 0.29) is 17.7 Å². The molecule has 2 atom stereocenters. The second-order valence-electron chi connectivity index (χ2n) is 4.06. The number of nitrogens with one attached hydrogen (secondary N) is 1. The third kappa shape index (κ3) is 2.02. The summed E-state index contributed by atoms with van der Waals surface area (Å²) in [5, 5.41) is 3.21. The Kier molecular flexibility index (Phi) is 2.55. The van der Waals surface area contributed by atoms with Crippen LogP contribution in [0.5, 0.6) is 0 Å². The van der Waals surface area contributed by atoms with E-state index in [1.54, 1.807) is 7.11 Å². The molecule has 0 aromatic carbocycles. The normalized spacial score (nSPS) is 36.5. The van der Waals surface area contributed by atoms with Crippen LogP contribution in [0.25, 0.3) is 0 Å². The van der Waals surface area contributed by atoms with E-state index in [0.29, 0.717) is 6.61 Å². The first-order valence-electron chi connectivity index (χ1n) is 4.89. The number of methoxy groups -OCH3 is 1. The van der Waals surface area contributed by atoms with Crippen molar-refractivity contribution in [2.24, 2.45) is 5.73 Å². The maximum atomic E-state index is 5.84. The maximum Gasteiger partial charge on any atom is 0.0913 e. The van der Waals surface area contributed by atoms with E-state index in [1.165, 1.54) is 0 Å². The summed E-state index contributed by atoms with van der Waals surface area (Å²) in [4.78, 5) is 0. The summed E-state index contributed by atoms with van der Waals surface area (Å²) in [5.74, 6) is 0. The minimum absolute atomic E-state index is 0.0301. The van der Waals surface area contributed by atoms with Gasteiger partial charge in [0.15, 0.2) is 0 Å². The topological polar surface area (TPSA) is 56.5 Å². The van der Waals surface area contributed by atoms with Crippen molar-refractivity contribution in [2.45, 2.75) is 30.6 Å². The molecule has 0 spiro atoms. The van der Waals surface area contributed by atoms with Crippen LogP contribution in [0.15, 0.2) is 0 Å². The van der Waals surface area contributed by atoms with Crippen LogP contribution >= 0.6 is 0 Å². The molecule has 0 aromatic rings. The van der Waals surface area contributed by atoms with Gasteiger partial charge in [0.05, 0.1) is 18.3 Å². The lowest BCUT2D eigenvalue weighted by Gasteiger charge is -2.19. The van der Waals surface area contributed by atoms with Gasteiger partial charge in [-0.3, -0.25) is 0 Å². The van der Waals surface area contributed by atoms with Gasteiger partial charge in [0.25, 0.3) is 0 Å². The van der Waals surface area contributed by atoms with Crippen LogP contribution in [0.2, 0.25) is 0 Å². The average molecular weight is 186 g/mol. The van der Waals surface area contributed by atoms with E-state index in [0.717, 1.165) is 25.9 Å². The van der Waals surface area contributed by atoms with Crippen molar-refractivity contribution in [3.05, 3.63) is 0 Å². The van der Waals surface area contributed by atoms with E-state index in [4.69, 9.17) is 15.2 Å². The monoisotopic (exact) mass is 186 g/mol. The van der Waals surface area contributed by atoms with Gasteiger partial charge in [-0.2, -0.15) is 0 Å². The summed E-state index contributed by atoms with van der Waals surface area (Å²) in [6.45, 7) is 2.44. The molecule has 1 heterocycles. The van der Waals surface area contributed by atoms with Crippen LogP contribution in [-0.2, 0) is 9.47 Å². The van der Waals surface area contributed by atoms with Crippen LogP contribution in [0.1, 0.15) is 12.8 Å². The van der Waals surface area contributed by atoms with Crippen molar-refractivity contribution >= 4 is 0 Å². The summed E-state index contributed by atoms with van der Waals surface area (Å²) >= 11 is 0. The molecule has 4 heteroatoms. The first-order valence-corrected chi connectivity index (χ1v) is 4.89. The zero-order valence-corrected chi connectivity index (χ0v) is 8.08. The molecule has 0 amide bonds. The van der Waals surface area contributed by atoms with Crippen molar-refractivity contribution in [3.8, 4) is 0 Å². The fourth-order valence-electron chi connectivity index (χ4n) is 1.66. The zero-order chi connectivity index (χ0) is 9.31. The predicted molar refractivity (Wildman–Crippen MR) is 49.6 cm³/mol. The maximum absolute atomic E-state index is 5.84. The molecule has 2 fully saturated rings. The number of ether oxygens (including phenoxy) is 2. The van der Waals surface area contributed by atoms with Gasteiger partial charge in [-0.15, -0.1) is 0 Å². The van der Waals surface area contributed by atoms with Crippen LogP contribution in [-0.4, -0.2) is 44.6 Å². The largest absolute Gasteiger partial charge is 0.376 e. The van der Waals surface area contributed by atoms with Crippen LogP contribution in [0, 0.1) is 0 Å². The first-order chi connectivity index (χ1) is 6.26. The Morgan fingerprint density at radius 1 is 1.46 bits per heavy atom. The molecule has 0 bridgehead atoms. The third-order valence-corrected chi connectivity index (χ3v) is 3.00. The van der Waals surface area contributed by atoms with E-state index in [1.807, 2.05) is 0 Å². The molecular formula is C9H18N2O2. The molecule has 76 valence electrons. The van der Waals surface area contributed by atoms with Gasteiger partial charge < -0.3 is 20.5 Å². The Hall–Kier alpha value is -0.160. The van der Waals surface area contributed by atoms with E-state index in [2.05, 4.69) is 5.32 Å². The molecule has 1 aliphatic carbocycles. The fraction of sp³-hybridized carbons (Fsp3) is 1.00. The lowest BCUT2D eigenvalue weighted by Crippen LogP contribution is -2.37. The molecular weight excluding hydrogens is 168 g/mol. The molecule has 13 heavy (non-hydrogen) atoms. The summed E-state index contributed by atoms with van der Waals surface area (Å²) in [6, 6.07) is 0.146. The van der Waals surface area contributed by atoms with Gasteiger partial charge >= 0.3 is 0 Å². The van der Waals surface area contributed by atoms with E-state index in [9.17, 15) is 0 Å². The molecule has 2 aliphatic rings. The molecule has 1 saturated heterocycles. The number of nitrogens with two attached hydrogens (primary N) is 1. The minimum atomic E-state index is 0.0301. The van der Waals surface area contributed by atoms with E-state index < -0.39 is 0 Å². The Bertz CT molecular complexity index is 182. The predicted octanol–water partition coefficient (Wildman–Crippen LogP) is -0.519. The lowest BCUT2D eigenvalue weighted by molar-refractivity contribution is -0.0387. The second kappa shape index (κ2) is 3.53. The number of hydrogen-bond acceptors (Lipinski definition) is 4. The average Bonchev–Trinajstić information content (AvgIpc) is 2.82. The van der Waals surface area contributed by atoms with Crippen LogP contribution in [0.4, 0.5) is 0 Å². The summed E-state index contributed by atoms with van der Waals surface area (Å²) < 4.78 is 11.1. The Balaban J connectivity index is 1.73. The molecule has 3 N–H and O–H groups in total. The molecule has 1 aliphatic heterocycles. The highest BCUT2D eigenvalue weighted by Crippen LogP contribution is 2.39. The summed E-state index contributed by atoms with van der Waals surface area (Å²) in [6.07, 6.45) is 2.42. The van der Waals surface area contributed by atoms with Gasteiger partial charge in [-0.1, -0.05) is 0 Å². The van der Waals surface area contributed by atoms with Crippen molar-refractivity contribution in [2.75, 3.05) is 26.8 Å². The van der Waals surface area contributed by atoms with Crippen LogP contribution in [0.3, 0.4) is 0 Å². The van der Waals surface area contributed by atoms with Gasteiger partial charge in [0.1, 0.15) is 0 Å². The number of hydrogen-bond donors (Lipinski definition) is 2. The standard InChI is InChI=1S/C9H18N2O2/c1-12-9(2-3-9)6-13-8-5-11-4-7(8)10/h7-8,11H,2-6,10H2,1H3. The SMILES string of the molecule is COC1(COC2CNCC2N)CC1. The van der Waals surface area contributed by atoms with Crippen LogP contribution < -0.4 is 11.1 Å². The smallest absolute Gasteiger partial charge is 0.0913 e. The zero-order valence-electron chi connectivity index (χ0n) is 8.08. The molecule has 2 rings (SSSR count). The summed E-state index contributed by atoms with van der Waals surface area (Å²) in [7, 11) is 1.75. The number of rotatable bonds is 4. The highest BCUT2D eigenvalue weighted by Gasteiger charge is 2.44. The summed E-state index contributed by atoms with van der Waals surface area (Å²) in [5.41, 5.74) is 5.87. The Morgan fingerprint density at radius 2 is 2.23 bits per heavy atom. The second-order valence-corrected chi connectivity index (χ2v) is 4.06. The van der Waals surface area contributed by atoms with Crippen molar-refractivity contribution in [1.29, 1.82) is 0 Å². The van der Waals surface area contributed by atoms with Gasteiger partial charge in [-0.05, 0) is 12.8 Å². The highest BCUT2D eigenvalue weighted by molar-refractivity contribution is 4.96. The Morgan fingerprint density at radius 3 is 2.69 bits per heavy atom. The Labute approximate surface area is 78.8 Å². The molecule has 0 radical (unpaired) electrons. The molecule has 2 unspecified atom stereocenters. The lowest BCUT2D eigenvalue weighted by atomic mass is 10.2. The highest BCUT2D eigenvalue weighted by atomic mass is 16.5. The van der Waals surface area contributed by atoms with Gasteiger partial charge in [0.2, 0.25) is 0 Å². The molecule has 1 saturated carbocycles. The van der Waals surface area contributed by atoms with Crippen molar-refractivity contribution < 1.29 is 9.47 Å². The fourth-order valence-corrected chi connectivity index (χ4v) is 1.66. The quantitative estimate of drug-likeness (QED) is 0.620. The minimum Gasteiger partial charge on any atom is -0.376 e. The molecule has 4 nitrogen and oxygen atoms in total. The molecule has 0 aromatic heterocycles. The van der Waals surface area contributed by atoms with Crippen molar-refractivity contribution in [3.63, 3.8) is 0 Å². The van der Waals surface area contributed by atoms with Gasteiger partial charge in [-0.25, -0.2) is 0 Å². The first kappa shape index (κ1) is 9.40. The third-order valence-electron chi connectivity index (χ3n) is 3.00. The van der Waals surface area contributed by atoms with Crippen molar-refractivity contribution in [1.82, 2.24) is 5.32 Å². The van der Waals surface area contributed by atoms with E-state index >= 15 is 0 Å².